The van der Waals surface area contributed by atoms with Gasteiger partial charge in [0.1, 0.15) is 0 Å². The van der Waals surface area contributed by atoms with Crippen molar-refractivity contribution in [3.05, 3.63) is 45.7 Å². The third-order valence-electron chi connectivity index (χ3n) is 3.27. The van der Waals surface area contributed by atoms with E-state index in [2.05, 4.69) is 0 Å². The molecule has 0 unspecified atom stereocenters. The monoisotopic (exact) mass is 273 g/mol. The fraction of sp³-hybridized carbons (Fsp3) is 0.412. The zero-order valence-electron chi connectivity index (χ0n) is 13.0. The number of ketones is 1. The highest BCUT2D eigenvalue weighted by Gasteiger charge is 2.11. The van der Waals surface area contributed by atoms with Crippen LogP contribution in [0.25, 0.3) is 10.9 Å². The van der Waals surface area contributed by atoms with Gasteiger partial charge in [0.15, 0.2) is 11.2 Å². The smallest absolute Gasteiger partial charge is 0.200 e. The minimum Gasteiger partial charge on any atom is -0.347 e. The molecule has 0 N–H and O–H groups in total. The number of pyridine rings is 1. The lowest BCUT2D eigenvalue weighted by atomic mass is 10.1. The van der Waals surface area contributed by atoms with Crippen molar-refractivity contribution in [3.8, 4) is 0 Å². The van der Waals surface area contributed by atoms with E-state index in [1.807, 2.05) is 50.5 Å². The average molecular weight is 273 g/mol. The minimum atomic E-state index is -0.175. The van der Waals surface area contributed by atoms with Crippen molar-refractivity contribution in [1.29, 1.82) is 0 Å². The van der Waals surface area contributed by atoms with Gasteiger partial charge in [0.25, 0.3) is 0 Å². The van der Waals surface area contributed by atoms with Crippen LogP contribution in [0.2, 0.25) is 0 Å². The van der Waals surface area contributed by atoms with Crippen LogP contribution in [-0.4, -0.2) is 10.4 Å². The first kappa shape index (κ1) is 16.2. The maximum absolute atomic E-state index is 12.3. The van der Waals surface area contributed by atoms with Crippen molar-refractivity contribution in [1.82, 2.24) is 4.57 Å². The Morgan fingerprint density at radius 3 is 2.35 bits per heavy atom. The van der Waals surface area contributed by atoms with Crippen LogP contribution in [0, 0.1) is 0 Å². The largest absolute Gasteiger partial charge is 0.347 e. The van der Waals surface area contributed by atoms with Gasteiger partial charge in [-0.25, -0.2) is 0 Å². The standard InChI is InChI=1S/C15H17NO2.C2H6/c1-4-11-6-7-14-12(8-11)15(18)13(10(3)17)9-16(14)5-2;1-2/h6-9H,4-5H2,1-3H3;1-2H3. The molecular formula is C17H23NO2. The number of benzene rings is 1. The number of carbonyl (C=O) groups excluding carboxylic acids is 1. The van der Waals surface area contributed by atoms with Crippen LogP contribution in [0.5, 0.6) is 0 Å². The maximum atomic E-state index is 12.3. The summed E-state index contributed by atoms with van der Waals surface area (Å²) in [6, 6.07) is 5.89. The molecule has 0 saturated carbocycles. The summed E-state index contributed by atoms with van der Waals surface area (Å²) in [4.78, 5) is 23.8. The molecule has 0 saturated heterocycles. The Morgan fingerprint density at radius 2 is 1.85 bits per heavy atom. The normalized spacial score (nSPS) is 10.1. The Labute approximate surface area is 120 Å². The van der Waals surface area contributed by atoms with Crippen molar-refractivity contribution in [3.63, 3.8) is 0 Å². The molecule has 108 valence electrons. The van der Waals surface area contributed by atoms with Gasteiger partial charge in [-0.05, 0) is 38.0 Å². The van der Waals surface area contributed by atoms with Crippen molar-refractivity contribution < 1.29 is 4.79 Å². The molecule has 0 aliphatic heterocycles. The van der Waals surface area contributed by atoms with Crippen LogP contribution in [0.1, 0.15) is 50.5 Å². The van der Waals surface area contributed by atoms with E-state index in [1.54, 1.807) is 6.20 Å². The summed E-state index contributed by atoms with van der Waals surface area (Å²) >= 11 is 0. The van der Waals surface area contributed by atoms with Gasteiger partial charge < -0.3 is 4.57 Å². The Bertz CT molecular complexity index is 668. The zero-order valence-corrected chi connectivity index (χ0v) is 13.0. The third-order valence-corrected chi connectivity index (χ3v) is 3.27. The molecule has 0 aliphatic rings. The second-order valence-corrected chi connectivity index (χ2v) is 4.42. The van der Waals surface area contributed by atoms with Gasteiger partial charge in [-0.1, -0.05) is 26.8 Å². The lowest BCUT2D eigenvalue weighted by Gasteiger charge is -2.11. The molecule has 2 aromatic rings. The topological polar surface area (TPSA) is 39.1 Å². The first-order valence-electron chi connectivity index (χ1n) is 7.25. The van der Waals surface area contributed by atoms with Gasteiger partial charge in [0, 0.05) is 18.1 Å². The van der Waals surface area contributed by atoms with E-state index in [9.17, 15) is 9.59 Å². The molecule has 0 amide bonds. The summed E-state index contributed by atoms with van der Waals surface area (Å²) in [7, 11) is 0. The molecular weight excluding hydrogens is 250 g/mol. The van der Waals surface area contributed by atoms with Crippen LogP contribution in [0.3, 0.4) is 0 Å². The maximum Gasteiger partial charge on any atom is 0.200 e. The Balaban J connectivity index is 0.000000956. The van der Waals surface area contributed by atoms with E-state index in [-0.39, 0.29) is 16.8 Å². The van der Waals surface area contributed by atoms with E-state index in [0.717, 1.165) is 24.0 Å². The molecule has 20 heavy (non-hydrogen) atoms. The molecule has 0 radical (unpaired) electrons. The first-order valence-corrected chi connectivity index (χ1v) is 7.25. The van der Waals surface area contributed by atoms with Gasteiger partial charge in [-0.2, -0.15) is 0 Å². The van der Waals surface area contributed by atoms with Crippen LogP contribution >= 0.6 is 0 Å². The van der Waals surface area contributed by atoms with E-state index in [4.69, 9.17) is 0 Å². The number of rotatable bonds is 3. The predicted molar refractivity (Wildman–Crippen MR) is 84.6 cm³/mol. The first-order chi connectivity index (χ1) is 9.58. The quantitative estimate of drug-likeness (QED) is 0.798. The second-order valence-electron chi connectivity index (χ2n) is 4.42. The highest BCUT2D eigenvalue weighted by Crippen LogP contribution is 2.15. The van der Waals surface area contributed by atoms with Crippen LogP contribution in [0.4, 0.5) is 0 Å². The number of aryl methyl sites for hydroxylation is 2. The summed E-state index contributed by atoms with van der Waals surface area (Å²) in [5.74, 6) is -0.175. The fourth-order valence-corrected chi connectivity index (χ4v) is 2.18. The SMILES string of the molecule is CC.CCc1ccc2c(c1)c(=O)c(C(C)=O)cn2CC. The molecule has 0 spiro atoms. The van der Waals surface area contributed by atoms with Gasteiger partial charge in [-0.15, -0.1) is 0 Å². The van der Waals surface area contributed by atoms with Gasteiger partial charge >= 0.3 is 0 Å². The second kappa shape index (κ2) is 7.04. The molecule has 0 fully saturated rings. The number of fused-ring (bicyclic) bond motifs is 1. The average Bonchev–Trinajstić information content (AvgIpc) is 2.49. The molecule has 3 nitrogen and oxygen atoms in total. The van der Waals surface area contributed by atoms with E-state index >= 15 is 0 Å². The number of hydrogen-bond donors (Lipinski definition) is 0. The Morgan fingerprint density at radius 1 is 1.20 bits per heavy atom. The fourth-order valence-electron chi connectivity index (χ4n) is 2.18. The number of hydrogen-bond acceptors (Lipinski definition) is 2. The lowest BCUT2D eigenvalue weighted by Crippen LogP contribution is -2.17. The molecule has 2 rings (SSSR count). The Kier molecular flexibility index (Phi) is 5.68. The van der Waals surface area contributed by atoms with Crippen LogP contribution in [-0.2, 0) is 13.0 Å². The van der Waals surface area contributed by atoms with Gasteiger partial charge in [0.05, 0.1) is 11.1 Å². The van der Waals surface area contributed by atoms with Gasteiger partial charge in [-0.3, -0.25) is 9.59 Å². The summed E-state index contributed by atoms with van der Waals surface area (Å²) < 4.78 is 1.95. The van der Waals surface area contributed by atoms with Crippen LogP contribution < -0.4 is 5.43 Å². The van der Waals surface area contributed by atoms with Crippen molar-refractivity contribution >= 4 is 16.7 Å². The van der Waals surface area contributed by atoms with Crippen molar-refractivity contribution in [2.24, 2.45) is 0 Å². The molecule has 1 heterocycles. The van der Waals surface area contributed by atoms with Gasteiger partial charge in [0.2, 0.25) is 0 Å². The molecule has 0 bridgehead atoms. The summed E-state index contributed by atoms with van der Waals surface area (Å²) in [5.41, 5.74) is 2.13. The zero-order chi connectivity index (χ0) is 15.3. The third kappa shape index (κ3) is 2.98. The summed E-state index contributed by atoms with van der Waals surface area (Å²) in [6.07, 6.45) is 2.55. The van der Waals surface area contributed by atoms with E-state index in [1.165, 1.54) is 6.92 Å². The van der Waals surface area contributed by atoms with Crippen molar-refractivity contribution in [2.75, 3.05) is 0 Å². The number of carbonyl (C=O) groups is 1. The molecule has 0 atom stereocenters. The molecule has 3 heteroatoms. The van der Waals surface area contributed by atoms with Crippen LogP contribution in [0.15, 0.2) is 29.2 Å². The summed E-state index contributed by atoms with van der Waals surface area (Å²) in [6.45, 7) is 10.2. The predicted octanol–water partition coefficient (Wildman–Crippen LogP) is 3.81. The Hall–Kier alpha value is -1.90. The highest BCUT2D eigenvalue weighted by molar-refractivity contribution is 5.97. The van der Waals surface area contributed by atoms with Crippen molar-refractivity contribution in [2.45, 2.75) is 47.6 Å². The lowest BCUT2D eigenvalue weighted by molar-refractivity contribution is 0.101. The molecule has 1 aromatic carbocycles. The van der Waals surface area contributed by atoms with E-state index < -0.39 is 0 Å². The molecule has 0 aliphatic carbocycles. The number of Topliss-reactive ketones (excluding diaryl/α,β-unsaturated/α-hetero) is 1. The number of aromatic nitrogens is 1. The summed E-state index contributed by atoms with van der Waals surface area (Å²) in [5, 5.41) is 0.643. The number of nitrogens with zero attached hydrogens (tertiary/aromatic N) is 1. The molecule has 1 aromatic heterocycles. The highest BCUT2D eigenvalue weighted by atomic mass is 16.1. The minimum absolute atomic E-state index is 0.155. The van der Waals surface area contributed by atoms with E-state index in [0.29, 0.717) is 5.39 Å².